The number of quaternary nitrogens is 1. The quantitative estimate of drug-likeness (QED) is 0.250. The van der Waals surface area contributed by atoms with Crippen LogP contribution in [0.3, 0.4) is 0 Å². The minimum absolute atomic E-state index is 0.391. The molecule has 3 atom stereocenters. The highest BCUT2D eigenvalue weighted by atomic mass is 16.6. The van der Waals surface area contributed by atoms with Gasteiger partial charge < -0.3 is 15.6 Å². The highest BCUT2D eigenvalue weighted by Crippen LogP contribution is 2.37. The number of hydroxylamine groups is 3. The second-order valence-corrected chi connectivity index (χ2v) is 8.88. The second-order valence-electron chi connectivity index (χ2n) is 8.88. The first-order valence-electron chi connectivity index (χ1n) is 12.3. The first kappa shape index (κ1) is 26.3. The molecule has 1 aliphatic heterocycles. The highest BCUT2D eigenvalue weighted by Gasteiger charge is 2.49. The summed E-state index contributed by atoms with van der Waals surface area (Å²) in [6.07, 6.45) is 8.35. The van der Waals surface area contributed by atoms with E-state index in [0.717, 1.165) is 25.7 Å². The van der Waals surface area contributed by atoms with Gasteiger partial charge in [-0.3, -0.25) is 9.55 Å². The normalized spacial score (nSPS) is 18.0. The molecule has 7 nitrogen and oxygen atoms in total. The molecule has 0 radical (unpaired) electrons. The van der Waals surface area contributed by atoms with Gasteiger partial charge in [0.2, 0.25) is 6.04 Å². The average molecular weight is 448 g/mol. The molecule has 1 saturated heterocycles. The molecular formula is C25H41N3O4. The number of carbonyl (C=O) groups is 2. The van der Waals surface area contributed by atoms with E-state index in [1.54, 1.807) is 35.2 Å². The maximum Gasteiger partial charge on any atom is 0.420 e. The molecule has 2 N–H and O–H groups in total. The second kappa shape index (κ2) is 13.6. The molecule has 3 unspecified atom stereocenters. The number of nitrogens with zero attached hydrogens (tertiary/aromatic N) is 2. The molecule has 0 saturated carbocycles. The van der Waals surface area contributed by atoms with E-state index in [1.165, 1.54) is 19.3 Å². The minimum atomic E-state index is -1.46. The summed E-state index contributed by atoms with van der Waals surface area (Å²) in [7, 11) is 0. The number of carboxylic acids is 1. The number of urea groups is 1. The Morgan fingerprint density at radius 2 is 1.62 bits per heavy atom. The lowest BCUT2D eigenvalue weighted by Gasteiger charge is -2.51. The van der Waals surface area contributed by atoms with Gasteiger partial charge in [0, 0.05) is 44.6 Å². The topological polar surface area (TPSA) is 92.7 Å². The van der Waals surface area contributed by atoms with Crippen LogP contribution in [0.5, 0.6) is 0 Å². The van der Waals surface area contributed by atoms with Crippen molar-refractivity contribution < 1.29 is 19.3 Å². The monoisotopic (exact) mass is 447 g/mol. The van der Waals surface area contributed by atoms with Crippen molar-refractivity contribution >= 4 is 12.0 Å². The molecule has 1 aliphatic rings. The van der Waals surface area contributed by atoms with Crippen molar-refractivity contribution in [3.05, 3.63) is 41.1 Å². The number of piperazine rings is 1. The van der Waals surface area contributed by atoms with Gasteiger partial charge in [-0.05, 0) is 6.42 Å². The third-order valence-corrected chi connectivity index (χ3v) is 6.47. The molecule has 0 aliphatic carbocycles. The Labute approximate surface area is 193 Å². The summed E-state index contributed by atoms with van der Waals surface area (Å²) in [6.45, 7) is 6.26. The van der Waals surface area contributed by atoms with Crippen LogP contribution in [0.15, 0.2) is 30.3 Å². The number of benzene rings is 1. The van der Waals surface area contributed by atoms with E-state index in [-0.39, 0.29) is 0 Å². The number of hydrogen-bond donors (Lipinski definition) is 2. The zero-order valence-electron chi connectivity index (χ0n) is 19.8. The lowest BCUT2D eigenvalue weighted by molar-refractivity contribution is -0.854. The number of carboxylic acid groups (broad SMARTS) is 1. The molecule has 0 aromatic heterocycles. The zero-order chi connectivity index (χ0) is 23.4. The summed E-state index contributed by atoms with van der Waals surface area (Å²) in [6, 6.07) is 5.92. The molecule has 180 valence electrons. The van der Waals surface area contributed by atoms with Crippen LogP contribution in [0.1, 0.15) is 83.2 Å². The fourth-order valence-corrected chi connectivity index (χ4v) is 4.74. The van der Waals surface area contributed by atoms with Crippen molar-refractivity contribution in [1.29, 1.82) is 0 Å². The number of amides is 2. The molecule has 7 heteroatoms. The Morgan fingerprint density at radius 3 is 2.22 bits per heavy atom. The summed E-state index contributed by atoms with van der Waals surface area (Å²) in [5, 5.41) is 28.0. The summed E-state index contributed by atoms with van der Waals surface area (Å²) in [4.78, 5) is 27.8. The number of carbonyl (C=O) groups excluding carboxylic acids is 1. The number of unbranched alkanes of at least 4 members (excludes halogenated alkanes) is 5. The van der Waals surface area contributed by atoms with Crippen molar-refractivity contribution in [2.75, 3.05) is 26.2 Å². The van der Waals surface area contributed by atoms with E-state index >= 15 is 0 Å². The van der Waals surface area contributed by atoms with Gasteiger partial charge in [0.25, 0.3) is 0 Å². The minimum Gasteiger partial charge on any atom is -0.623 e. The van der Waals surface area contributed by atoms with Gasteiger partial charge in [0.1, 0.15) is 0 Å². The molecule has 32 heavy (non-hydrogen) atoms. The molecule has 1 heterocycles. The molecule has 1 aromatic carbocycles. The van der Waals surface area contributed by atoms with Gasteiger partial charge in [-0.2, -0.15) is 0 Å². The van der Waals surface area contributed by atoms with E-state index in [4.69, 9.17) is 0 Å². The molecule has 0 spiro atoms. The maximum absolute atomic E-state index is 14.6. The lowest BCUT2D eigenvalue weighted by atomic mass is 9.96. The number of nitrogens with one attached hydrogen (secondary N) is 1. The van der Waals surface area contributed by atoms with Gasteiger partial charge in [0.05, 0.1) is 6.04 Å². The average Bonchev–Trinajstić information content (AvgIpc) is 2.81. The molecule has 2 amide bonds. The standard InChI is InChI=1S/C25H41N3O4/c1-3-5-6-7-8-12-16-22(13-4-2)28(32,25(31)27-19-17-26-18-20-27)23(24(29)30)21-14-10-9-11-15-21/h9-11,14-15,22-23,26H,3-8,12-13,16-20H2,1-2H3,(H,29,30). The fraction of sp³-hybridized carbons (Fsp3) is 0.680. The summed E-state index contributed by atoms with van der Waals surface area (Å²) < 4.78 is -1.33. The first-order chi connectivity index (χ1) is 15.5. The van der Waals surface area contributed by atoms with Crippen molar-refractivity contribution in [2.45, 2.75) is 83.7 Å². The smallest absolute Gasteiger partial charge is 0.420 e. The summed E-state index contributed by atoms with van der Waals surface area (Å²) >= 11 is 0. The van der Waals surface area contributed by atoms with E-state index in [0.29, 0.717) is 44.6 Å². The number of hydrogen-bond acceptors (Lipinski definition) is 4. The van der Waals surface area contributed by atoms with E-state index in [1.807, 2.05) is 6.92 Å². The third kappa shape index (κ3) is 6.77. The van der Waals surface area contributed by atoms with E-state index in [9.17, 15) is 19.9 Å². The van der Waals surface area contributed by atoms with Gasteiger partial charge in [-0.1, -0.05) is 82.7 Å². The van der Waals surface area contributed by atoms with Crippen LogP contribution < -0.4 is 5.32 Å². The van der Waals surface area contributed by atoms with Crippen molar-refractivity contribution in [3.63, 3.8) is 0 Å². The third-order valence-electron chi connectivity index (χ3n) is 6.47. The largest absolute Gasteiger partial charge is 0.623 e. The van der Waals surface area contributed by atoms with Crippen LogP contribution >= 0.6 is 0 Å². The van der Waals surface area contributed by atoms with Crippen LogP contribution in [0, 0.1) is 5.21 Å². The zero-order valence-corrected chi connectivity index (χ0v) is 19.8. The molecule has 1 fully saturated rings. The van der Waals surface area contributed by atoms with Crippen LogP contribution in [0.4, 0.5) is 4.79 Å². The molecular weight excluding hydrogens is 406 g/mol. The van der Waals surface area contributed by atoms with Crippen molar-refractivity contribution in [1.82, 2.24) is 10.2 Å². The Balaban J connectivity index is 2.37. The van der Waals surface area contributed by atoms with Crippen LogP contribution in [-0.2, 0) is 4.79 Å². The Kier molecular flexibility index (Phi) is 11.1. The van der Waals surface area contributed by atoms with Crippen molar-refractivity contribution in [2.24, 2.45) is 0 Å². The van der Waals surface area contributed by atoms with E-state index < -0.39 is 28.7 Å². The molecule has 1 aromatic rings. The predicted octanol–water partition coefficient (Wildman–Crippen LogP) is 5.07. The van der Waals surface area contributed by atoms with Gasteiger partial charge in [-0.25, -0.2) is 9.59 Å². The van der Waals surface area contributed by atoms with Crippen LogP contribution in [-0.4, -0.2) is 58.9 Å². The summed E-state index contributed by atoms with van der Waals surface area (Å²) in [5.74, 6) is -1.24. The lowest BCUT2D eigenvalue weighted by Crippen LogP contribution is -2.65. The SMILES string of the molecule is CCCCCCCCC(CCC)[N+]([O-])(C(=O)N1CCNCC1)C(C(=O)O)c1ccccc1. The number of rotatable bonds is 13. The Bertz CT molecular complexity index is 694. The van der Waals surface area contributed by atoms with Crippen molar-refractivity contribution in [3.8, 4) is 0 Å². The molecule has 0 bridgehead atoms. The number of aliphatic carboxylic acids is 1. The van der Waals surface area contributed by atoms with Gasteiger partial charge in [0.15, 0.2) is 0 Å². The van der Waals surface area contributed by atoms with Gasteiger partial charge >= 0.3 is 12.0 Å². The predicted molar refractivity (Wildman–Crippen MR) is 127 cm³/mol. The maximum atomic E-state index is 14.6. The fourth-order valence-electron chi connectivity index (χ4n) is 4.74. The van der Waals surface area contributed by atoms with E-state index in [2.05, 4.69) is 12.2 Å². The van der Waals surface area contributed by atoms with Crippen LogP contribution in [0.2, 0.25) is 0 Å². The molecule has 2 rings (SSSR count). The highest BCUT2D eigenvalue weighted by molar-refractivity contribution is 5.79. The van der Waals surface area contributed by atoms with Gasteiger partial charge in [-0.15, -0.1) is 0 Å². The Morgan fingerprint density at radius 1 is 1.00 bits per heavy atom. The Hall–Kier alpha value is -1.96. The summed E-state index contributed by atoms with van der Waals surface area (Å²) in [5.41, 5.74) is 0.391. The first-order valence-corrected chi connectivity index (χ1v) is 12.3. The van der Waals surface area contributed by atoms with Crippen LogP contribution in [0.25, 0.3) is 0 Å².